The summed E-state index contributed by atoms with van der Waals surface area (Å²) in [6, 6.07) is -0.414. The van der Waals surface area contributed by atoms with Gasteiger partial charge < -0.3 is 20.5 Å². The Balaban J connectivity index is 1.74. The maximum absolute atomic E-state index is 11.6. The zero-order valence-corrected chi connectivity index (χ0v) is 9.70. The largest absolute Gasteiger partial charge is 0.480 e. The molecule has 0 aromatic carbocycles. The fraction of sp³-hybridized carbons (Fsp3) is 0.818. The fourth-order valence-electron chi connectivity index (χ4n) is 2.20. The lowest BCUT2D eigenvalue weighted by Gasteiger charge is -2.38. The molecule has 0 spiro atoms. The van der Waals surface area contributed by atoms with Gasteiger partial charge in [-0.1, -0.05) is 0 Å². The number of carbonyl (C=O) groups excluding carboxylic acids is 1. The molecule has 6 heteroatoms. The van der Waals surface area contributed by atoms with Gasteiger partial charge in [-0.05, 0) is 32.1 Å². The summed E-state index contributed by atoms with van der Waals surface area (Å²) in [4.78, 5) is 22.6. The van der Waals surface area contributed by atoms with Gasteiger partial charge in [0.1, 0.15) is 5.54 Å². The van der Waals surface area contributed by atoms with Gasteiger partial charge in [0.25, 0.3) is 0 Å². The lowest BCUT2D eigenvalue weighted by molar-refractivity contribution is -0.148. The first-order chi connectivity index (χ1) is 8.12. The van der Waals surface area contributed by atoms with Crippen molar-refractivity contribution in [3.8, 4) is 0 Å². The molecule has 96 valence electrons. The summed E-state index contributed by atoms with van der Waals surface area (Å²) in [6.07, 6.45) is 3.91. The van der Waals surface area contributed by atoms with Gasteiger partial charge in [0.2, 0.25) is 0 Å². The second-order valence-electron chi connectivity index (χ2n) is 4.71. The fourth-order valence-corrected chi connectivity index (χ4v) is 2.20. The Bertz CT molecular complexity index is 309. The molecular formula is C11H18N2O4. The molecule has 1 saturated heterocycles. The number of aliphatic carboxylic acids is 1. The molecule has 1 heterocycles. The van der Waals surface area contributed by atoms with Crippen LogP contribution in [-0.2, 0) is 9.53 Å². The number of hydrogen-bond acceptors (Lipinski definition) is 3. The molecule has 2 fully saturated rings. The number of nitrogens with one attached hydrogen (secondary N) is 2. The summed E-state index contributed by atoms with van der Waals surface area (Å²) in [6.45, 7) is 1.19. The average molecular weight is 242 g/mol. The second kappa shape index (κ2) is 4.91. The van der Waals surface area contributed by atoms with Crippen molar-refractivity contribution in [1.29, 1.82) is 0 Å². The Morgan fingerprint density at radius 1 is 1.35 bits per heavy atom. The highest BCUT2D eigenvalue weighted by Gasteiger charge is 2.45. The van der Waals surface area contributed by atoms with Crippen molar-refractivity contribution in [3.05, 3.63) is 0 Å². The number of hydrogen-bond donors (Lipinski definition) is 3. The zero-order valence-electron chi connectivity index (χ0n) is 9.70. The van der Waals surface area contributed by atoms with Crippen LogP contribution < -0.4 is 10.6 Å². The molecule has 1 atom stereocenters. The molecule has 1 aliphatic heterocycles. The van der Waals surface area contributed by atoms with Crippen LogP contribution in [0.15, 0.2) is 0 Å². The Labute approximate surface area is 99.7 Å². The molecule has 3 N–H and O–H groups in total. The van der Waals surface area contributed by atoms with Crippen LogP contribution in [0.3, 0.4) is 0 Å². The summed E-state index contributed by atoms with van der Waals surface area (Å²) in [7, 11) is 0. The van der Waals surface area contributed by atoms with E-state index >= 15 is 0 Å². The van der Waals surface area contributed by atoms with Gasteiger partial charge in [-0.3, -0.25) is 0 Å². The molecule has 1 aliphatic carbocycles. The van der Waals surface area contributed by atoms with Crippen molar-refractivity contribution < 1.29 is 19.4 Å². The molecule has 2 aliphatic rings. The second-order valence-corrected chi connectivity index (χ2v) is 4.71. The van der Waals surface area contributed by atoms with Crippen LogP contribution in [0.25, 0.3) is 0 Å². The van der Waals surface area contributed by atoms with Gasteiger partial charge >= 0.3 is 12.0 Å². The Kier molecular flexibility index (Phi) is 3.51. The number of amides is 2. The van der Waals surface area contributed by atoms with E-state index in [9.17, 15) is 9.59 Å². The third kappa shape index (κ3) is 2.69. The molecule has 0 aromatic heterocycles. The third-order valence-electron chi connectivity index (χ3n) is 3.48. The van der Waals surface area contributed by atoms with Crippen molar-refractivity contribution in [2.45, 2.75) is 43.7 Å². The maximum Gasteiger partial charge on any atom is 0.329 e. The molecule has 6 nitrogen and oxygen atoms in total. The van der Waals surface area contributed by atoms with Crippen LogP contribution in [0.4, 0.5) is 4.79 Å². The van der Waals surface area contributed by atoms with Crippen LogP contribution in [0.1, 0.15) is 32.1 Å². The minimum absolute atomic E-state index is 0.0721. The van der Waals surface area contributed by atoms with Gasteiger partial charge in [-0.2, -0.15) is 0 Å². The average Bonchev–Trinajstić information content (AvgIpc) is 2.72. The van der Waals surface area contributed by atoms with Crippen molar-refractivity contribution in [1.82, 2.24) is 10.6 Å². The number of urea groups is 1. The molecular weight excluding hydrogens is 224 g/mol. The van der Waals surface area contributed by atoms with Gasteiger partial charge in [-0.15, -0.1) is 0 Å². The van der Waals surface area contributed by atoms with E-state index < -0.39 is 17.5 Å². The lowest BCUT2D eigenvalue weighted by atomic mass is 9.77. The minimum atomic E-state index is -1.04. The van der Waals surface area contributed by atoms with E-state index in [1.165, 1.54) is 0 Å². The molecule has 0 radical (unpaired) electrons. The highest BCUT2D eigenvalue weighted by Crippen LogP contribution is 2.31. The van der Waals surface area contributed by atoms with E-state index in [0.29, 0.717) is 19.4 Å². The van der Waals surface area contributed by atoms with Crippen molar-refractivity contribution >= 4 is 12.0 Å². The topological polar surface area (TPSA) is 87.7 Å². The third-order valence-corrected chi connectivity index (χ3v) is 3.48. The summed E-state index contributed by atoms with van der Waals surface area (Å²) in [5, 5.41) is 14.3. The Morgan fingerprint density at radius 2 is 2.12 bits per heavy atom. The van der Waals surface area contributed by atoms with E-state index in [0.717, 1.165) is 25.9 Å². The smallest absolute Gasteiger partial charge is 0.329 e. The van der Waals surface area contributed by atoms with Crippen molar-refractivity contribution in [2.24, 2.45) is 0 Å². The number of carbonyl (C=O) groups is 2. The van der Waals surface area contributed by atoms with Gasteiger partial charge in [0, 0.05) is 13.2 Å². The number of ether oxygens (including phenoxy) is 1. The van der Waals surface area contributed by atoms with Crippen LogP contribution in [0.5, 0.6) is 0 Å². The van der Waals surface area contributed by atoms with Crippen molar-refractivity contribution in [2.75, 3.05) is 13.2 Å². The number of rotatable bonds is 4. The van der Waals surface area contributed by atoms with Crippen molar-refractivity contribution in [3.63, 3.8) is 0 Å². The van der Waals surface area contributed by atoms with E-state index in [2.05, 4.69) is 10.6 Å². The standard InChI is InChI=1S/C11H18N2O4/c14-9(15)11(4-2-5-11)13-10(16)12-7-8-3-1-6-17-8/h8H,1-7H2,(H,14,15)(H2,12,13,16). The van der Waals surface area contributed by atoms with E-state index in [-0.39, 0.29) is 6.10 Å². The monoisotopic (exact) mass is 242 g/mol. The van der Waals surface area contributed by atoms with E-state index in [4.69, 9.17) is 9.84 Å². The molecule has 0 bridgehead atoms. The lowest BCUT2D eigenvalue weighted by Crippen LogP contribution is -2.61. The summed E-state index contributed by atoms with van der Waals surface area (Å²) in [5.41, 5.74) is -1.04. The zero-order chi connectivity index (χ0) is 12.3. The summed E-state index contributed by atoms with van der Waals surface area (Å²) in [5.74, 6) is -0.948. The highest BCUT2D eigenvalue weighted by molar-refractivity contribution is 5.87. The highest BCUT2D eigenvalue weighted by atomic mass is 16.5. The van der Waals surface area contributed by atoms with Gasteiger partial charge in [0.05, 0.1) is 6.10 Å². The SMILES string of the molecule is O=C(NCC1CCCO1)NC1(C(=O)O)CCC1. The van der Waals surface area contributed by atoms with Crippen LogP contribution in [0.2, 0.25) is 0 Å². The summed E-state index contributed by atoms with van der Waals surface area (Å²) < 4.78 is 5.36. The molecule has 2 amide bonds. The number of carboxylic acid groups (broad SMARTS) is 1. The van der Waals surface area contributed by atoms with Crippen LogP contribution >= 0.6 is 0 Å². The Morgan fingerprint density at radius 3 is 2.59 bits per heavy atom. The Hall–Kier alpha value is -1.30. The molecule has 0 aromatic rings. The van der Waals surface area contributed by atoms with Gasteiger partial charge in [0.15, 0.2) is 0 Å². The predicted molar refractivity (Wildman–Crippen MR) is 59.7 cm³/mol. The first-order valence-corrected chi connectivity index (χ1v) is 6.03. The number of carboxylic acids is 1. The molecule has 1 saturated carbocycles. The molecule has 1 unspecified atom stereocenters. The van der Waals surface area contributed by atoms with Crippen LogP contribution in [0, 0.1) is 0 Å². The van der Waals surface area contributed by atoms with E-state index in [1.54, 1.807) is 0 Å². The predicted octanol–water partition coefficient (Wildman–Crippen LogP) is 0.472. The quantitative estimate of drug-likeness (QED) is 0.668. The summed E-state index contributed by atoms with van der Waals surface area (Å²) >= 11 is 0. The minimum Gasteiger partial charge on any atom is -0.480 e. The molecule has 2 rings (SSSR count). The van der Waals surface area contributed by atoms with Crippen LogP contribution in [-0.4, -0.2) is 41.9 Å². The molecule has 17 heavy (non-hydrogen) atoms. The normalized spacial score (nSPS) is 26.0. The van der Waals surface area contributed by atoms with Gasteiger partial charge in [-0.25, -0.2) is 9.59 Å². The maximum atomic E-state index is 11.6. The van der Waals surface area contributed by atoms with E-state index in [1.807, 2.05) is 0 Å². The first-order valence-electron chi connectivity index (χ1n) is 6.03. The first kappa shape index (κ1) is 12.2.